The first-order chi connectivity index (χ1) is 11.0. The highest BCUT2D eigenvalue weighted by Crippen LogP contribution is 2.44. The van der Waals surface area contributed by atoms with Crippen molar-refractivity contribution in [3.8, 4) is 0 Å². The topological polar surface area (TPSA) is 66.9 Å². The molecule has 3 aliphatic rings. The fourth-order valence-electron chi connectivity index (χ4n) is 3.75. The molecule has 1 atom stereocenters. The van der Waals surface area contributed by atoms with Crippen LogP contribution in [0.3, 0.4) is 0 Å². The smallest absolute Gasteiger partial charge is 0.243 e. The summed E-state index contributed by atoms with van der Waals surface area (Å²) in [5, 5.41) is 0. The predicted molar refractivity (Wildman–Crippen MR) is 85.1 cm³/mol. The zero-order valence-corrected chi connectivity index (χ0v) is 13.9. The maximum Gasteiger partial charge on any atom is 0.243 e. The Morgan fingerprint density at radius 2 is 1.91 bits per heavy atom. The Kier molecular flexibility index (Phi) is 3.48. The number of rotatable bonds is 2. The molecule has 0 aliphatic carbocycles. The number of anilines is 1. The quantitative estimate of drug-likeness (QED) is 0.811. The van der Waals surface area contributed by atoms with E-state index >= 15 is 0 Å². The number of morpholine rings is 1. The Morgan fingerprint density at radius 1 is 1.17 bits per heavy atom. The van der Waals surface area contributed by atoms with E-state index in [0.29, 0.717) is 31.2 Å². The lowest BCUT2D eigenvalue weighted by Gasteiger charge is -2.28. The lowest BCUT2D eigenvalue weighted by Crippen LogP contribution is -2.40. The molecule has 0 radical (unpaired) electrons. The van der Waals surface area contributed by atoms with Gasteiger partial charge in [0.15, 0.2) is 0 Å². The Labute approximate surface area is 136 Å². The summed E-state index contributed by atoms with van der Waals surface area (Å²) in [6.45, 7) is 4.23. The summed E-state index contributed by atoms with van der Waals surface area (Å²) < 4.78 is 32.6. The normalized spacial score (nSPS) is 24.8. The lowest BCUT2D eigenvalue weighted by atomic mass is 9.97. The highest BCUT2D eigenvalue weighted by atomic mass is 32.2. The van der Waals surface area contributed by atoms with Gasteiger partial charge in [-0.05, 0) is 43.0 Å². The van der Waals surface area contributed by atoms with Gasteiger partial charge < -0.3 is 9.64 Å². The summed E-state index contributed by atoms with van der Waals surface area (Å²) >= 11 is 0. The van der Waals surface area contributed by atoms with Gasteiger partial charge in [0.2, 0.25) is 15.9 Å². The maximum atomic E-state index is 12.9. The van der Waals surface area contributed by atoms with E-state index in [1.807, 2.05) is 11.8 Å². The fraction of sp³-hybridized carbons (Fsp3) is 0.562. The molecule has 124 valence electrons. The van der Waals surface area contributed by atoms with Crippen LogP contribution in [0.2, 0.25) is 0 Å². The van der Waals surface area contributed by atoms with Crippen molar-refractivity contribution in [2.75, 3.05) is 37.7 Å². The van der Waals surface area contributed by atoms with Crippen LogP contribution in [0.4, 0.5) is 5.69 Å². The number of amides is 1. The molecule has 3 heterocycles. The number of carbonyl (C=O) groups is 1. The van der Waals surface area contributed by atoms with E-state index in [-0.39, 0.29) is 11.8 Å². The highest BCUT2D eigenvalue weighted by molar-refractivity contribution is 7.89. The molecule has 3 aliphatic heterocycles. The average Bonchev–Trinajstić information content (AvgIpc) is 2.82. The summed E-state index contributed by atoms with van der Waals surface area (Å²) in [6, 6.07) is 3.47. The number of ether oxygens (including phenoxy) is 1. The van der Waals surface area contributed by atoms with E-state index < -0.39 is 10.0 Å². The first kappa shape index (κ1) is 15.1. The average molecular weight is 336 g/mol. The minimum Gasteiger partial charge on any atom is -0.379 e. The molecule has 1 fully saturated rings. The molecule has 23 heavy (non-hydrogen) atoms. The van der Waals surface area contributed by atoms with E-state index in [0.717, 1.165) is 36.2 Å². The number of hydrogen-bond donors (Lipinski definition) is 0. The molecule has 4 rings (SSSR count). The van der Waals surface area contributed by atoms with E-state index in [2.05, 4.69) is 0 Å². The maximum absolute atomic E-state index is 12.9. The predicted octanol–water partition coefficient (Wildman–Crippen LogP) is 1.10. The zero-order valence-electron chi connectivity index (χ0n) is 13.1. The van der Waals surface area contributed by atoms with E-state index in [9.17, 15) is 13.2 Å². The van der Waals surface area contributed by atoms with Crippen LogP contribution in [0.1, 0.15) is 30.4 Å². The van der Waals surface area contributed by atoms with Crippen LogP contribution in [0.5, 0.6) is 0 Å². The van der Waals surface area contributed by atoms with Gasteiger partial charge in [-0.2, -0.15) is 4.31 Å². The third-order valence-electron chi connectivity index (χ3n) is 5.00. The SMILES string of the molecule is C[C@H]1C(=O)N2CCCc3cc(S(=O)(=O)N4CCOCC4)cc1c32. The minimum atomic E-state index is -3.53. The van der Waals surface area contributed by atoms with Gasteiger partial charge in [0.05, 0.1) is 29.7 Å². The largest absolute Gasteiger partial charge is 0.379 e. The van der Waals surface area contributed by atoms with Gasteiger partial charge in [-0.25, -0.2) is 8.42 Å². The second kappa shape index (κ2) is 5.29. The molecule has 0 unspecified atom stereocenters. The van der Waals surface area contributed by atoms with Crippen LogP contribution in [0.25, 0.3) is 0 Å². The first-order valence-electron chi connectivity index (χ1n) is 8.06. The van der Waals surface area contributed by atoms with Gasteiger partial charge in [-0.15, -0.1) is 0 Å². The molecule has 0 bridgehead atoms. The van der Waals surface area contributed by atoms with E-state index in [4.69, 9.17) is 4.74 Å². The lowest BCUT2D eigenvalue weighted by molar-refractivity contribution is -0.119. The van der Waals surface area contributed by atoms with Crippen molar-refractivity contribution in [2.45, 2.75) is 30.6 Å². The van der Waals surface area contributed by atoms with Gasteiger partial charge in [0.1, 0.15) is 0 Å². The van der Waals surface area contributed by atoms with Crippen molar-refractivity contribution in [2.24, 2.45) is 0 Å². The van der Waals surface area contributed by atoms with Crippen LogP contribution < -0.4 is 4.90 Å². The Balaban J connectivity index is 1.82. The molecule has 6 nitrogen and oxygen atoms in total. The third-order valence-corrected chi connectivity index (χ3v) is 6.88. The molecule has 0 N–H and O–H groups in total. The van der Waals surface area contributed by atoms with Crippen LogP contribution >= 0.6 is 0 Å². The van der Waals surface area contributed by atoms with Crippen molar-refractivity contribution >= 4 is 21.6 Å². The summed E-state index contributed by atoms with van der Waals surface area (Å²) in [5.41, 5.74) is 2.80. The van der Waals surface area contributed by atoms with Crippen LogP contribution in [0, 0.1) is 0 Å². The summed E-state index contributed by atoms with van der Waals surface area (Å²) in [4.78, 5) is 14.5. The molecule has 1 saturated heterocycles. The number of carbonyl (C=O) groups excluding carboxylic acids is 1. The monoisotopic (exact) mass is 336 g/mol. The highest BCUT2D eigenvalue weighted by Gasteiger charge is 2.39. The molecule has 1 aromatic carbocycles. The van der Waals surface area contributed by atoms with Crippen LogP contribution in [0.15, 0.2) is 17.0 Å². The number of sulfonamides is 1. The molecule has 7 heteroatoms. The van der Waals surface area contributed by atoms with Crippen molar-refractivity contribution in [1.29, 1.82) is 0 Å². The van der Waals surface area contributed by atoms with Gasteiger partial charge in [0, 0.05) is 19.6 Å². The van der Waals surface area contributed by atoms with Gasteiger partial charge >= 0.3 is 0 Å². The molecule has 1 aromatic rings. The Hall–Kier alpha value is -1.44. The number of hydrogen-bond acceptors (Lipinski definition) is 4. The Bertz CT molecular complexity index is 769. The standard InChI is InChI=1S/C16H20N2O4S/c1-11-14-10-13(23(20,21)17-5-7-22-8-6-17)9-12-3-2-4-18(15(12)14)16(11)19/h9-11H,2-8H2,1H3/t11-/m1/s1. The van der Waals surface area contributed by atoms with Gasteiger partial charge in [-0.1, -0.05) is 0 Å². The minimum absolute atomic E-state index is 0.0851. The third kappa shape index (κ3) is 2.21. The second-order valence-electron chi connectivity index (χ2n) is 6.35. The molecular weight excluding hydrogens is 316 g/mol. The molecule has 0 spiro atoms. The van der Waals surface area contributed by atoms with Gasteiger partial charge in [0.25, 0.3) is 0 Å². The first-order valence-corrected chi connectivity index (χ1v) is 9.50. The molecule has 0 saturated carbocycles. The number of aryl methyl sites for hydroxylation is 1. The molecular formula is C16H20N2O4S. The van der Waals surface area contributed by atoms with Crippen LogP contribution in [-0.4, -0.2) is 51.5 Å². The zero-order chi connectivity index (χ0) is 16.2. The molecule has 0 aromatic heterocycles. The summed E-state index contributed by atoms with van der Waals surface area (Å²) in [6.07, 6.45) is 1.71. The summed E-state index contributed by atoms with van der Waals surface area (Å²) in [7, 11) is -3.53. The molecule has 1 amide bonds. The van der Waals surface area contributed by atoms with Crippen molar-refractivity contribution < 1.29 is 17.9 Å². The fourth-order valence-corrected chi connectivity index (χ4v) is 5.25. The van der Waals surface area contributed by atoms with Crippen molar-refractivity contribution in [1.82, 2.24) is 4.31 Å². The van der Waals surface area contributed by atoms with Crippen molar-refractivity contribution in [3.63, 3.8) is 0 Å². The van der Waals surface area contributed by atoms with E-state index in [1.165, 1.54) is 4.31 Å². The van der Waals surface area contributed by atoms with Gasteiger partial charge in [-0.3, -0.25) is 4.79 Å². The second-order valence-corrected chi connectivity index (χ2v) is 8.29. The Morgan fingerprint density at radius 3 is 2.65 bits per heavy atom. The summed E-state index contributed by atoms with van der Waals surface area (Å²) in [5.74, 6) is -0.177. The van der Waals surface area contributed by atoms with Crippen LogP contribution in [-0.2, 0) is 26.0 Å². The van der Waals surface area contributed by atoms with E-state index in [1.54, 1.807) is 12.1 Å². The van der Waals surface area contributed by atoms with Crippen molar-refractivity contribution in [3.05, 3.63) is 23.3 Å². The number of nitrogens with zero attached hydrogens (tertiary/aromatic N) is 2. The number of benzene rings is 1.